The Morgan fingerprint density at radius 2 is 2.25 bits per heavy atom. The normalized spacial score (nSPS) is 22.0. The van der Waals surface area contributed by atoms with Crippen molar-refractivity contribution in [3.05, 3.63) is 0 Å². The molecule has 1 atom stereocenters. The van der Waals surface area contributed by atoms with Gasteiger partial charge in [0.25, 0.3) is 0 Å². The number of hydrogen-bond donors (Lipinski definition) is 1. The molecule has 0 aromatic rings. The summed E-state index contributed by atoms with van der Waals surface area (Å²) >= 11 is 5.54. The van der Waals surface area contributed by atoms with Gasteiger partial charge in [0.1, 0.15) is 5.56 Å². The van der Waals surface area contributed by atoms with E-state index in [2.05, 4.69) is 5.32 Å². The quantitative estimate of drug-likeness (QED) is 0.695. The van der Waals surface area contributed by atoms with Gasteiger partial charge in [-0.1, -0.05) is 11.6 Å². The van der Waals surface area contributed by atoms with E-state index in [9.17, 15) is 8.78 Å². The molecule has 0 amide bonds. The van der Waals surface area contributed by atoms with Crippen molar-refractivity contribution < 1.29 is 13.5 Å². The third-order valence-corrected chi connectivity index (χ3v) is 1.86. The van der Waals surface area contributed by atoms with Crippen molar-refractivity contribution in [3.8, 4) is 0 Å². The average Bonchev–Trinajstić information content (AvgIpc) is 1.74. The molecular formula is C7H12ClF2NO. The van der Waals surface area contributed by atoms with E-state index in [1.807, 2.05) is 0 Å². The van der Waals surface area contributed by atoms with Crippen LogP contribution in [0.3, 0.4) is 0 Å². The maximum Gasteiger partial charge on any atom is 0.249 e. The Balaban J connectivity index is 2.14. The molecule has 1 saturated heterocycles. The summed E-state index contributed by atoms with van der Waals surface area (Å²) in [4.78, 5) is 0. The number of ether oxygens (including phenoxy) is 1. The smallest absolute Gasteiger partial charge is 0.249 e. The summed E-state index contributed by atoms with van der Waals surface area (Å²) in [6.45, 7) is 2.25. The fraction of sp³-hybridized carbons (Fsp3) is 1.00. The Bertz CT molecular complexity index is 147. The Morgan fingerprint density at radius 1 is 1.67 bits per heavy atom. The Labute approximate surface area is 75.2 Å². The highest BCUT2D eigenvalue weighted by Gasteiger charge is 2.29. The lowest BCUT2D eigenvalue weighted by atomic mass is 10.2. The Kier molecular flexibility index (Phi) is 3.26. The summed E-state index contributed by atoms with van der Waals surface area (Å²) in [7, 11) is 0. The molecule has 1 fully saturated rings. The van der Waals surface area contributed by atoms with Gasteiger partial charge in [0, 0.05) is 13.1 Å². The molecule has 2 nitrogen and oxygen atoms in total. The molecule has 0 saturated carbocycles. The van der Waals surface area contributed by atoms with Gasteiger partial charge in [0.2, 0.25) is 5.92 Å². The van der Waals surface area contributed by atoms with Crippen molar-refractivity contribution in [1.29, 1.82) is 0 Å². The lowest BCUT2D eigenvalue weighted by Crippen LogP contribution is -2.49. The van der Waals surface area contributed by atoms with Crippen LogP contribution in [-0.4, -0.2) is 30.7 Å². The van der Waals surface area contributed by atoms with Crippen LogP contribution in [-0.2, 0) is 4.74 Å². The zero-order valence-corrected chi connectivity index (χ0v) is 7.57. The third kappa shape index (κ3) is 3.65. The largest absolute Gasteiger partial charge is 0.356 e. The lowest BCUT2D eigenvalue weighted by Gasteiger charge is -2.29. The van der Waals surface area contributed by atoms with Crippen LogP contribution in [0.5, 0.6) is 0 Å². The second-order valence-corrected chi connectivity index (χ2v) is 3.59. The third-order valence-electron chi connectivity index (χ3n) is 1.60. The molecule has 1 heterocycles. The van der Waals surface area contributed by atoms with Crippen LogP contribution < -0.4 is 5.32 Å². The molecule has 1 rings (SSSR count). The number of nitrogens with one attached hydrogen (secondary N) is 1. The monoisotopic (exact) mass is 199 g/mol. The standard InChI is InChI=1S/C7H12ClF2NO/c1-7(9,10)2-6(8)12-5-3-11-4-5/h5-6,11H,2-4H2,1H3. The van der Waals surface area contributed by atoms with E-state index < -0.39 is 17.9 Å². The number of hydrogen-bond acceptors (Lipinski definition) is 2. The van der Waals surface area contributed by atoms with E-state index in [1.165, 1.54) is 0 Å². The fourth-order valence-electron chi connectivity index (χ4n) is 0.897. The predicted molar refractivity (Wildman–Crippen MR) is 42.6 cm³/mol. The number of halogens is 3. The molecule has 1 N–H and O–H groups in total. The molecule has 5 heteroatoms. The van der Waals surface area contributed by atoms with Crippen LogP contribution in [0.4, 0.5) is 8.78 Å². The van der Waals surface area contributed by atoms with Crippen molar-refractivity contribution in [2.24, 2.45) is 0 Å². The van der Waals surface area contributed by atoms with Gasteiger partial charge in [-0.15, -0.1) is 0 Å². The molecule has 12 heavy (non-hydrogen) atoms. The van der Waals surface area contributed by atoms with Crippen molar-refractivity contribution in [3.63, 3.8) is 0 Å². The van der Waals surface area contributed by atoms with E-state index in [0.29, 0.717) is 13.1 Å². The first-order valence-electron chi connectivity index (χ1n) is 3.85. The summed E-state index contributed by atoms with van der Waals surface area (Å²) in [6.07, 6.45) is -0.416. The summed E-state index contributed by atoms with van der Waals surface area (Å²) < 4.78 is 29.8. The molecule has 0 aromatic heterocycles. The lowest BCUT2D eigenvalue weighted by molar-refractivity contribution is -0.0605. The van der Waals surface area contributed by atoms with Crippen LogP contribution in [0.1, 0.15) is 13.3 Å². The topological polar surface area (TPSA) is 21.3 Å². The molecule has 0 spiro atoms. The van der Waals surface area contributed by atoms with Crippen LogP contribution in [0, 0.1) is 0 Å². The SMILES string of the molecule is CC(F)(F)CC(Cl)OC1CNC1. The maximum absolute atomic E-state index is 12.4. The van der Waals surface area contributed by atoms with Gasteiger partial charge in [-0.05, 0) is 6.92 Å². The Hall–Kier alpha value is 0.0700. The van der Waals surface area contributed by atoms with Crippen LogP contribution in [0.15, 0.2) is 0 Å². The fourth-order valence-corrected chi connectivity index (χ4v) is 1.31. The number of alkyl halides is 3. The van der Waals surface area contributed by atoms with Gasteiger partial charge in [0.15, 0.2) is 0 Å². The maximum atomic E-state index is 12.4. The molecule has 0 aromatic carbocycles. The molecule has 72 valence electrons. The van der Waals surface area contributed by atoms with Gasteiger partial charge >= 0.3 is 0 Å². The van der Waals surface area contributed by atoms with E-state index in [1.54, 1.807) is 0 Å². The second kappa shape index (κ2) is 3.85. The van der Waals surface area contributed by atoms with E-state index >= 15 is 0 Å². The van der Waals surface area contributed by atoms with Crippen LogP contribution >= 0.6 is 11.6 Å². The molecular weight excluding hydrogens is 188 g/mol. The van der Waals surface area contributed by atoms with E-state index in [0.717, 1.165) is 6.92 Å². The molecule has 0 aliphatic carbocycles. The highest BCUT2D eigenvalue weighted by molar-refractivity contribution is 6.19. The van der Waals surface area contributed by atoms with Crippen molar-refractivity contribution in [2.45, 2.75) is 30.9 Å². The molecule has 0 bridgehead atoms. The first-order valence-corrected chi connectivity index (χ1v) is 4.29. The average molecular weight is 200 g/mol. The minimum Gasteiger partial charge on any atom is -0.356 e. The molecule has 1 aliphatic rings. The van der Waals surface area contributed by atoms with Crippen molar-refractivity contribution in [1.82, 2.24) is 5.32 Å². The molecule has 0 radical (unpaired) electrons. The predicted octanol–water partition coefficient (Wildman–Crippen LogP) is 1.58. The van der Waals surface area contributed by atoms with Gasteiger partial charge < -0.3 is 10.1 Å². The molecule has 1 aliphatic heterocycles. The first-order chi connectivity index (χ1) is 5.47. The highest BCUT2D eigenvalue weighted by Crippen LogP contribution is 2.23. The highest BCUT2D eigenvalue weighted by atomic mass is 35.5. The van der Waals surface area contributed by atoms with Gasteiger partial charge in [0.05, 0.1) is 12.5 Å². The first kappa shape index (κ1) is 10.2. The minimum absolute atomic E-state index is 0.00912. The van der Waals surface area contributed by atoms with E-state index in [-0.39, 0.29) is 6.10 Å². The Morgan fingerprint density at radius 3 is 2.58 bits per heavy atom. The zero-order valence-electron chi connectivity index (χ0n) is 6.82. The zero-order chi connectivity index (χ0) is 9.19. The van der Waals surface area contributed by atoms with Crippen molar-refractivity contribution in [2.75, 3.05) is 13.1 Å². The van der Waals surface area contributed by atoms with Crippen molar-refractivity contribution >= 4 is 11.6 Å². The minimum atomic E-state index is -2.75. The van der Waals surface area contributed by atoms with Gasteiger partial charge in [-0.25, -0.2) is 8.78 Å². The van der Waals surface area contributed by atoms with Gasteiger partial charge in [-0.2, -0.15) is 0 Å². The van der Waals surface area contributed by atoms with Gasteiger partial charge in [-0.3, -0.25) is 0 Å². The number of rotatable bonds is 4. The summed E-state index contributed by atoms with van der Waals surface area (Å²) in [5.74, 6) is -2.75. The second-order valence-electron chi connectivity index (χ2n) is 3.10. The van der Waals surface area contributed by atoms with Crippen LogP contribution in [0.2, 0.25) is 0 Å². The summed E-state index contributed by atoms with van der Waals surface area (Å²) in [5.41, 5.74) is -0.878. The summed E-state index contributed by atoms with van der Waals surface area (Å²) in [5, 5.41) is 2.96. The van der Waals surface area contributed by atoms with E-state index in [4.69, 9.17) is 16.3 Å². The van der Waals surface area contributed by atoms with Crippen LogP contribution in [0.25, 0.3) is 0 Å². The molecule has 1 unspecified atom stereocenters. The summed E-state index contributed by atoms with van der Waals surface area (Å²) in [6, 6.07) is 0.